The van der Waals surface area contributed by atoms with E-state index in [2.05, 4.69) is 109 Å². The zero-order valence-electron chi connectivity index (χ0n) is 34.4. The smallest absolute Gasteiger partial charge is 0.119 e. The van der Waals surface area contributed by atoms with Crippen LogP contribution < -0.4 is 18.9 Å². The van der Waals surface area contributed by atoms with Crippen molar-refractivity contribution >= 4 is 0 Å². The van der Waals surface area contributed by atoms with E-state index in [1.54, 1.807) is 0 Å². The summed E-state index contributed by atoms with van der Waals surface area (Å²) in [6.45, 7) is 2.60. The Bertz CT molecular complexity index is 2180. The highest BCUT2D eigenvalue weighted by atomic mass is 16.5. The molecule has 7 aromatic rings. The van der Waals surface area contributed by atoms with E-state index < -0.39 is 0 Å². The summed E-state index contributed by atoms with van der Waals surface area (Å²) in [6, 6.07) is 64.2. The van der Waals surface area contributed by atoms with Crippen LogP contribution in [0.15, 0.2) is 182 Å². The fourth-order valence-corrected chi connectivity index (χ4v) is 10.2. The van der Waals surface area contributed by atoms with Gasteiger partial charge in [-0.15, -0.1) is 0 Å². The summed E-state index contributed by atoms with van der Waals surface area (Å²) in [5, 5.41) is 0. The van der Waals surface area contributed by atoms with Gasteiger partial charge >= 0.3 is 0 Å². The van der Waals surface area contributed by atoms with E-state index in [0.29, 0.717) is 26.4 Å². The molecule has 0 heterocycles. The molecule has 0 fully saturated rings. The van der Waals surface area contributed by atoms with Gasteiger partial charge in [0.1, 0.15) is 23.0 Å². The number of fused-ring (bicyclic) bond motifs is 7. The quantitative estimate of drug-likeness (QED) is 0.0721. The number of ether oxygens (including phenoxy) is 4. The van der Waals surface area contributed by atoms with Gasteiger partial charge in [0.15, 0.2) is 0 Å². The van der Waals surface area contributed by atoms with Gasteiger partial charge < -0.3 is 18.9 Å². The molecule has 302 valence electrons. The van der Waals surface area contributed by atoms with E-state index in [1.807, 2.05) is 72.8 Å². The summed E-state index contributed by atoms with van der Waals surface area (Å²) in [5.74, 6) is 3.67. The third kappa shape index (κ3) is 8.04. The van der Waals surface area contributed by atoms with Crippen LogP contribution in [0.25, 0.3) is 22.3 Å². The second-order valence-electron chi connectivity index (χ2n) is 16.2. The van der Waals surface area contributed by atoms with Crippen molar-refractivity contribution in [1.82, 2.24) is 0 Å². The van der Waals surface area contributed by atoms with Gasteiger partial charge in [-0.2, -0.15) is 0 Å². The molecule has 0 unspecified atom stereocenters. The second kappa shape index (κ2) is 18.3. The highest BCUT2D eigenvalue weighted by Gasteiger charge is 2.51. The maximum atomic E-state index is 6.41. The van der Waals surface area contributed by atoms with E-state index in [9.17, 15) is 0 Å². The maximum Gasteiger partial charge on any atom is 0.119 e. The Labute approximate surface area is 355 Å². The summed E-state index contributed by atoms with van der Waals surface area (Å²) in [4.78, 5) is 0. The van der Waals surface area contributed by atoms with E-state index in [-0.39, 0.29) is 10.8 Å². The fraction of sp³-hybridized carbons (Fsp3) is 0.250. The van der Waals surface area contributed by atoms with E-state index in [4.69, 9.17) is 18.9 Å². The largest absolute Gasteiger partial charge is 0.494 e. The molecule has 0 spiro atoms. The van der Waals surface area contributed by atoms with Crippen molar-refractivity contribution in [2.45, 2.75) is 62.2 Å². The van der Waals surface area contributed by atoms with Crippen LogP contribution in [-0.4, -0.2) is 26.4 Å². The first-order valence-corrected chi connectivity index (χ1v) is 21.8. The molecule has 0 saturated heterocycles. The molecule has 0 amide bonds. The molecule has 2 aliphatic rings. The van der Waals surface area contributed by atoms with Crippen molar-refractivity contribution < 1.29 is 18.9 Å². The van der Waals surface area contributed by atoms with Gasteiger partial charge in [0.25, 0.3) is 0 Å². The monoisotopic (exact) mass is 790 g/mol. The number of hydrogen-bond donors (Lipinski definition) is 0. The van der Waals surface area contributed by atoms with Crippen molar-refractivity contribution in [3.63, 3.8) is 0 Å². The highest BCUT2D eigenvalue weighted by Crippen LogP contribution is 2.63. The SMILES string of the molecule is c1ccc(OCCCC2(CCCOc3ccccc3)c3ccccc3-c3ccc4c(c32)C(CCCOc2ccccc2)(CCCOc2ccccc2)c2ccccc2-4)cc1. The first-order chi connectivity index (χ1) is 29.8. The van der Waals surface area contributed by atoms with Crippen molar-refractivity contribution in [1.29, 1.82) is 0 Å². The summed E-state index contributed by atoms with van der Waals surface area (Å²) in [7, 11) is 0. The van der Waals surface area contributed by atoms with Crippen LogP contribution in [0, 0.1) is 0 Å². The number of para-hydroxylation sites is 4. The molecule has 0 aromatic heterocycles. The minimum absolute atomic E-state index is 0.244. The Balaban J connectivity index is 1.13. The van der Waals surface area contributed by atoms with E-state index in [1.165, 1.54) is 44.5 Å². The van der Waals surface area contributed by atoms with Gasteiger partial charge in [0.05, 0.1) is 26.4 Å². The summed E-state index contributed by atoms with van der Waals surface area (Å²) >= 11 is 0. The second-order valence-corrected chi connectivity index (χ2v) is 16.2. The van der Waals surface area contributed by atoms with Crippen LogP contribution in [-0.2, 0) is 10.8 Å². The maximum absolute atomic E-state index is 6.41. The topological polar surface area (TPSA) is 36.9 Å². The Morgan fingerprint density at radius 3 is 0.833 bits per heavy atom. The van der Waals surface area contributed by atoms with Gasteiger partial charge in [-0.25, -0.2) is 0 Å². The molecule has 2 aliphatic carbocycles. The predicted molar refractivity (Wildman–Crippen MR) is 244 cm³/mol. The lowest BCUT2D eigenvalue weighted by Crippen LogP contribution is -2.34. The zero-order chi connectivity index (χ0) is 40.5. The Morgan fingerprint density at radius 2 is 0.533 bits per heavy atom. The molecular weight excluding hydrogens is 737 g/mol. The third-order valence-electron chi connectivity index (χ3n) is 12.7. The minimum atomic E-state index is -0.244. The Hall–Kier alpha value is -6.26. The number of rotatable bonds is 20. The molecule has 7 aromatic carbocycles. The van der Waals surface area contributed by atoms with Crippen LogP contribution in [0.4, 0.5) is 0 Å². The van der Waals surface area contributed by atoms with Gasteiger partial charge in [-0.3, -0.25) is 0 Å². The molecule has 0 aliphatic heterocycles. The van der Waals surface area contributed by atoms with Gasteiger partial charge in [-0.1, -0.05) is 133 Å². The zero-order valence-corrected chi connectivity index (χ0v) is 34.4. The van der Waals surface area contributed by atoms with Crippen molar-refractivity contribution in [3.8, 4) is 45.3 Å². The van der Waals surface area contributed by atoms with Crippen LogP contribution in [0.2, 0.25) is 0 Å². The van der Waals surface area contributed by atoms with Crippen molar-refractivity contribution in [2.24, 2.45) is 0 Å². The summed E-state index contributed by atoms with van der Waals surface area (Å²) in [6.07, 6.45) is 7.53. The Kier molecular flexibility index (Phi) is 12.0. The van der Waals surface area contributed by atoms with Crippen LogP contribution in [0.5, 0.6) is 23.0 Å². The van der Waals surface area contributed by atoms with Crippen molar-refractivity contribution in [2.75, 3.05) is 26.4 Å². The van der Waals surface area contributed by atoms with E-state index >= 15 is 0 Å². The summed E-state index contributed by atoms with van der Waals surface area (Å²) < 4.78 is 25.6. The number of benzene rings is 7. The molecule has 0 bridgehead atoms. The molecule has 0 radical (unpaired) electrons. The third-order valence-corrected chi connectivity index (χ3v) is 12.7. The van der Waals surface area contributed by atoms with Crippen molar-refractivity contribution in [3.05, 3.63) is 204 Å². The standard InChI is InChI=1S/C56H54O4/c1-5-21-43(22-6-1)57-39-17-35-55(36-18-40-58-44-23-7-2-8-24-44)51-31-15-13-29-47(51)49-33-34-50-48-30-14-16-32-52(48)56(54(50)53(49)55,37-19-41-59-45-25-9-3-10-26-45)38-20-42-60-46-27-11-4-12-28-46/h1-16,21-34H,17-20,35-42H2. The van der Waals surface area contributed by atoms with Crippen LogP contribution in [0.1, 0.15) is 73.6 Å². The average Bonchev–Trinajstić information content (AvgIpc) is 3.75. The summed E-state index contributed by atoms with van der Waals surface area (Å²) in [5.41, 5.74) is 10.8. The highest BCUT2D eigenvalue weighted by molar-refractivity contribution is 5.91. The van der Waals surface area contributed by atoms with Crippen LogP contribution in [0.3, 0.4) is 0 Å². The molecule has 60 heavy (non-hydrogen) atoms. The predicted octanol–water partition coefficient (Wildman–Crippen LogP) is 13.7. The number of hydrogen-bond acceptors (Lipinski definition) is 4. The lowest BCUT2D eigenvalue weighted by atomic mass is 9.63. The molecular formula is C56H54O4. The molecule has 0 N–H and O–H groups in total. The average molecular weight is 791 g/mol. The lowest BCUT2D eigenvalue weighted by Gasteiger charge is -2.40. The van der Waals surface area contributed by atoms with E-state index in [0.717, 1.165) is 74.4 Å². The first kappa shape index (κ1) is 39.2. The minimum Gasteiger partial charge on any atom is -0.494 e. The van der Waals surface area contributed by atoms with Gasteiger partial charge in [0, 0.05) is 10.8 Å². The van der Waals surface area contributed by atoms with Crippen LogP contribution >= 0.6 is 0 Å². The fourth-order valence-electron chi connectivity index (χ4n) is 10.2. The van der Waals surface area contributed by atoms with Gasteiger partial charge in [0.2, 0.25) is 0 Å². The first-order valence-electron chi connectivity index (χ1n) is 21.8. The molecule has 0 atom stereocenters. The molecule has 4 heteroatoms. The lowest BCUT2D eigenvalue weighted by molar-refractivity contribution is 0.258. The molecule has 4 nitrogen and oxygen atoms in total. The Morgan fingerprint density at radius 1 is 0.267 bits per heavy atom. The molecule has 0 saturated carbocycles. The van der Waals surface area contributed by atoms with Gasteiger partial charge in [-0.05, 0) is 144 Å². The normalized spacial score (nSPS) is 13.7. The molecule has 9 rings (SSSR count).